The minimum atomic E-state index is -0.348. The van der Waals surface area contributed by atoms with Crippen molar-refractivity contribution in [2.24, 2.45) is 0 Å². The Labute approximate surface area is 153 Å². The van der Waals surface area contributed by atoms with Crippen LogP contribution in [0.15, 0.2) is 41.8 Å². The number of amides is 1. The van der Waals surface area contributed by atoms with E-state index in [1.807, 2.05) is 29.2 Å². The lowest BCUT2D eigenvalue weighted by Crippen LogP contribution is -2.85. The maximum Gasteiger partial charge on any atom is 0.282 e. The standard InChI is InChI=1S/C20H24N2O2S/c1-14-11-20(2,3)22(18-8-7-15(24-4)10-17(14)18)19(23)13-21-12-16-6-5-9-25-16/h5-11,21H,12-13H2,1-4H3/p+1. The van der Waals surface area contributed by atoms with Crippen molar-refractivity contribution in [2.45, 2.75) is 32.9 Å². The first kappa shape index (κ1) is 17.7. The Morgan fingerprint density at radius 2 is 2.12 bits per heavy atom. The van der Waals surface area contributed by atoms with E-state index < -0.39 is 0 Å². The lowest BCUT2D eigenvalue weighted by atomic mass is 9.88. The highest BCUT2D eigenvalue weighted by atomic mass is 32.1. The number of methoxy groups -OCH3 is 1. The number of thiophene rings is 1. The normalized spacial score (nSPS) is 15.5. The van der Waals surface area contributed by atoms with Crippen LogP contribution in [-0.4, -0.2) is 25.1 Å². The van der Waals surface area contributed by atoms with Gasteiger partial charge in [-0.25, -0.2) is 0 Å². The van der Waals surface area contributed by atoms with Crippen molar-refractivity contribution >= 4 is 28.5 Å². The summed E-state index contributed by atoms with van der Waals surface area (Å²) in [4.78, 5) is 16.2. The molecule has 0 bridgehead atoms. The molecule has 132 valence electrons. The van der Waals surface area contributed by atoms with E-state index in [0.717, 1.165) is 23.5 Å². The fourth-order valence-electron chi connectivity index (χ4n) is 3.45. The van der Waals surface area contributed by atoms with E-state index in [9.17, 15) is 4.79 Å². The van der Waals surface area contributed by atoms with E-state index in [2.05, 4.69) is 43.6 Å². The molecular formula is C20H25N2O2S+. The van der Waals surface area contributed by atoms with Crippen LogP contribution in [0.3, 0.4) is 0 Å². The summed E-state index contributed by atoms with van der Waals surface area (Å²) in [5, 5.41) is 4.13. The van der Waals surface area contributed by atoms with Crippen LogP contribution in [0.4, 0.5) is 5.69 Å². The van der Waals surface area contributed by atoms with Gasteiger partial charge < -0.3 is 10.1 Å². The Morgan fingerprint density at radius 3 is 2.80 bits per heavy atom. The molecule has 1 aromatic carbocycles. The maximum absolute atomic E-state index is 13.0. The zero-order valence-corrected chi connectivity index (χ0v) is 16.0. The molecule has 1 amide bonds. The third-order valence-corrected chi connectivity index (χ3v) is 5.41. The number of hydrogen-bond donors (Lipinski definition) is 1. The smallest absolute Gasteiger partial charge is 0.282 e. The number of benzene rings is 1. The van der Waals surface area contributed by atoms with Gasteiger partial charge in [0, 0.05) is 5.56 Å². The second-order valence-corrected chi connectivity index (χ2v) is 7.90. The molecule has 1 aliphatic heterocycles. The first-order valence-corrected chi connectivity index (χ1v) is 9.35. The van der Waals surface area contributed by atoms with E-state index in [1.165, 1.54) is 10.5 Å². The summed E-state index contributed by atoms with van der Waals surface area (Å²) in [5.41, 5.74) is 2.84. The highest BCUT2D eigenvalue weighted by Crippen LogP contribution is 2.40. The van der Waals surface area contributed by atoms with Crippen LogP contribution < -0.4 is 15.0 Å². The van der Waals surface area contributed by atoms with E-state index >= 15 is 0 Å². The Hall–Kier alpha value is -2.11. The first-order chi connectivity index (χ1) is 11.9. The third-order valence-electron chi connectivity index (χ3n) is 4.51. The average molecular weight is 357 g/mol. The summed E-state index contributed by atoms with van der Waals surface area (Å²) in [7, 11) is 1.66. The van der Waals surface area contributed by atoms with Gasteiger partial charge in [-0.05, 0) is 56.0 Å². The Balaban J connectivity index is 1.82. The molecule has 0 saturated heterocycles. The van der Waals surface area contributed by atoms with Crippen molar-refractivity contribution in [1.82, 2.24) is 0 Å². The van der Waals surface area contributed by atoms with Crippen LogP contribution in [0.5, 0.6) is 5.75 Å². The Kier molecular flexibility index (Phi) is 4.97. The van der Waals surface area contributed by atoms with Gasteiger partial charge in [0.25, 0.3) is 5.91 Å². The Bertz CT molecular complexity index is 794. The molecule has 2 N–H and O–H groups in total. The van der Waals surface area contributed by atoms with Crippen LogP contribution >= 0.6 is 11.3 Å². The van der Waals surface area contributed by atoms with Crippen molar-refractivity contribution in [1.29, 1.82) is 0 Å². The molecule has 2 heterocycles. The van der Waals surface area contributed by atoms with Crippen molar-refractivity contribution < 1.29 is 14.8 Å². The average Bonchev–Trinajstić information content (AvgIpc) is 3.07. The molecule has 0 saturated carbocycles. The largest absolute Gasteiger partial charge is 0.497 e. The van der Waals surface area contributed by atoms with Crippen LogP contribution in [0.25, 0.3) is 5.57 Å². The van der Waals surface area contributed by atoms with E-state index in [0.29, 0.717) is 6.54 Å². The van der Waals surface area contributed by atoms with Gasteiger partial charge in [-0.1, -0.05) is 12.1 Å². The van der Waals surface area contributed by atoms with Gasteiger partial charge in [-0.3, -0.25) is 9.69 Å². The monoisotopic (exact) mass is 357 g/mol. The first-order valence-electron chi connectivity index (χ1n) is 8.47. The zero-order valence-electron chi connectivity index (χ0n) is 15.2. The predicted molar refractivity (Wildman–Crippen MR) is 103 cm³/mol. The number of hydrogen-bond acceptors (Lipinski definition) is 3. The molecule has 0 unspecified atom stereocenters. The summed E-state index contributed by atoms with van der Waals surface area (Å²) in [5.74, 6) is 0.930. The van der Waals surface area contributed by atoms with Crippen LogP contribution in [0, 0.1) is 0 Å². The lowest BCUT2D eigenvalue weighted by Gasteiger charge is -2.41. The molecule has 2 aromatic rings. The number of nitrogens with two attached hydrogens (primary N) is 1. The van der Waals surface area contributed by atoms with Crippen molar-refractivity contribution in [3.63, 3.8) is 0 Å². The SMILES string of the molecule is COc1ccc2c(c1)C(C)=CC(C)(C)N2C(=O)C[NH2+]Cc1cccs1. The summed E-state index contributed by atoms with van der Waals surface area (Å²) in [6.07, 6.45) is 2.16. The molecule has 0 radical (unpaired) electrons. The quantitative estimate of drug-likeness (QED) is 0.894. The molecule has 0 atom stereocenters. The zero-order chi connectivity index (χ0) is 18.0. The summed E-state index contributed by atoms with van der Waals surface area (Å²) in [6.45, 7) is 7.52. The number of quaternary nitrogens is 1. The van der Waals surface area contributed by atoms with Gasteiger partial charge >= 0.3 is 0 Å². The minimum absolute atomic E-state index is 0.122. The second-order valence-electron chi connectivity index (χ2n) is 6.87. The molecular weight excluding hydrogens is 332 g/mol. The number of fused-ring (bicyclic) bond motifs is 1. The highest BCUT2D eigenvalue weighted by molar-refractivity contribution is 7.09. The predicted octanol–water partition coefficient (Wildman–Crippen LogP) is 3.05. The fourth-order valence-corrected chi connectivity index (χ4v) is 4.15. The van der Waals surface area contributed by atoms with E-state index in [4.69, 9.17) is 4.74 Å². The number of allylic oxidation sites excluding steroid dienone is 1. The van der Waals surface area contributed by atoms with Gasteiger partial charge in [0.2, 0.25) is 0 Å². The molecule has 3 rings (SSSR count). The lowest BCUT2D eigenvalue weighted by molar-refractivity contribution is -0.659. The summed E-state index contributed by atoms with van der Waals surface area (Å²) >= 11 is 1.72. The van der Waals surface area contributed by atoms with Crippen LogP contribution in [-0.2, 0) is 11.3 Å². The number of anilines is 1. The second kappa shape index (κ2) is 7.02. The van der Waals surface area contributed by atoms with Gasteiger partial charge in [0.1, 0.15) is 12.3 Å². The van der Waals surface area contributed by atoms with Crippen LogP contribution in [0.1, 0.15) is 31.2 Å². The van der Waals surface area contributed by atoms with Gasteiger partial charge in [0.15, 0.2) is 6.54 Å². The molecule has 0 fully saturated rings. The number of ether oxygens (including phenoxy) is 1. The molecule has 4 nitrogen and oxygen atoms in total. The Morgan fingerprint density at radius 1 is 1.32 bits per heavy atom. The number of carbonyl (C=O) groups excluding carboxylic acids is 1. The van der Waals surface area contributed by atoms with E-state index in [1.54, 1.807) is 18.4 Å². The number of rotatable bonds is 5. The van der Waals surface area contributed by atoms with Gasteiger partial charge in [0.05, 0.1) is 23.2 Å². The molecule has 25 heavy (non-hydrogen) atoms. The third kappa shape index (κ3) is 3.62. The van der Waals surface area contributed by atoms with Crippen molar-refractivity contribution in [2.75, 3.05) is 18.6 Å². The van der Waals surface area contributed by atoms with Gasteiger partial charge in [-0.15, -0.1) is 11.3 Å². The highest BCUT2D eigenvalue weighted by Gasteiger charge is 2.36. The molecule has 5 heteroatoms. The van der Waals surface area contributed by atoms with Gasteiger partial charge in [-0.2, -0.15) is 0 Å². The van der Waals surface area contributed by atoms with E-state index in [-0.39, 0.29) is 11.4 Å². The maximum atomic E-state index is 13.0. The number of carbonyl (C=O) groups is 1. The minimum Gasteiger partial charge on any atom is -0.497 e. The molecule has 0 aliphatic carbocycles. The van der Waals surface area contributed by atoms with Crippen molar-refractivity contribution in [3.8, 4) is 5.75 Å². The van der Waals surface area contributed by atoms with Crippen molar-refractivity contribution in [3.05, 3.63) is 52.2 Å². The number of nitrogens with zero attached hydrogens (tertiary/aromatic N) is 1. The molecule has 0 spiro atoms. The topological polar surface area (TPSA) is 46.1 Å². The molecule has 1 aromatic heterocycles. The fraction of sp³-hybridized carbons (Fsp3) is 0.350. The summed E-state index contributed by atoms with van der Waals surface area (Å²) in [6, 6.07) is 10.1. The molecule has 1 aliphatic rings. The van der Waals surface area contributed by atoms with Crippen LogP contribution in [0.2, 0.25) is 0 Å². The summed E-state index contributed by atoms with van der Waals surface area (Å²) < 4.78 is 5.35.